The molecule has 1 fully saturated rings. The topological polar surface area (TPSA) is 52.6 Å². The molecule has 4 nitrogen and oxygen atoms in total. The average molecular weight is 497 g/mol. The smallest absolute Gasteiger partial charge is 0.303 e. The number of fused-ring (bicyclic) bond motifs is 4. The van der Waals surface area contributed by atoms with Gasteiger partial charge in [0.15, 0.2) is 0 Å². The summed E-state index contributed by atoms with van der Waals surface area (Å²) in [5.74, 6) is 1.96. The fraction of sp³-hybridized carbons (Fsp3) is 0.750. The number of hydrogen-bond donors (Lipinski definition) is 0. The molecule has 4 rings (SSSR count). The largest absolute Gasteiger partial charge is 0.462 e. The van der Waals surface area contributed by atoms with E-state index in [1.807, 2.05) is 0 Å². The standard InChI is InChI=1S/C32H48O4/c1-20(2)21(3)9-10-22(4)27-11-12-28-26-14-18-32(36-24(6)34)19-25(35-23(5)33)13-17-31(32,8)29(26)15-16-30(27,28)7/h9-10,12,20-22,25,27H,11,13-19H2,1-8H3/b10-9+/t21-,22+,25+,27-,30-,31+,32+/m0/s1. The molecule has 36 heavy (non-hydrogen) atoms. The van der Waals surface area contributed by atoms with Crippen LogP contribution in [-0.2, 0) is 19.1 Å². The Morgan fingerprint density at radius 3 is 2.36 bits per heavy atom. The molecule has 0 aromatic rings. The number of esters is 2. The number of hydrogen-bond acceptors (Lipinski definition) is 4. The lowest BCUT2D eigenvalue weighted by molar-refractivity contribution is -0.194. The molecule has 4 heteroatoms. The number of carbonyl (C=O) groups is 2. The van der Waals surface area contributed by atoms with Gasteiger partial charge in [-0.25, -0.2) is 0 Å². The number of rotatable bonds is 6. The lowest BCUT2D eigenvalue weighted by atomic mass is 9.49. The highest BCUT2D eigenvalue weighted by Crippen LogP contribution is 2.66. The lowest BCUT2D eigenvalue weighted by Gasteiger charge is -2.59. The van der Waals surface area contributed by atoms with Crippen LogP contribution >= 0.6 is 0 Å². The van der Waals surface area contributed by atoms with Gasteiger partial charge in [-0.2, -0.15) is 0 Å². The predicted molar refractivity (Wildman–Crippen MR) is 144 cm³/mol. The van der Waals surface area contributed by atoms with Gasteiger partial charge in [0.2, 0.25) is 0 Å². The van der Waals surface area contributed by atoms with E-state index in [0.29, 0.717) is 30.1 Å². The maximum Gasteiger partial charge on any atom is 0.303 e. The second kappa shape index (κ2) is 9.80. The maximum absolute atomic E-state index is 12.3. The normalized spacial score (nSPS) is 37.6. The van der Waals surface area contributed by atoms with Crippen molar-refractivity contribution in [2.45, 2.75) is 118 Å². The highest BCUT2D eigenvalue weighted by Gasteiger charge is 2.61. The summed E-state index contributed by atoms with van der Waals surface area (Å²) in [6.07, 6.45) is 14.7. The van der Waals surface area contributed by atoms with Gasteiger partial charge >= 0.3 is 11.9 Å². The fourth-order valence-electron chi connectivity index (χ4n) is 8.14. The second-order valence-electron chi connectivity index (χ2n) is 13.1. The average Bonchev–Trinajstić information content (AvgIpc) is 3.14. The molecular formula is C32H48O4. The Morgan fingerprint density at radius 1 is 1.00 bits per heavy atom. The summed E-state index contributed by atoms with van der Waals surface area (Å²) in [4.78, 5) is 24.0. The minimum absolute atomic E-state index is 0.179. The van der Waals surface area contributed by atoms with Gasteiger partial charge in [-0.3, -0.25) is 9.59 Å². The van der Waals surface area contributed by atoms with Crippen LogP contribution in [0.1, 0.15) is 107 Å². The summed E-state index contributed by atoms with van der Waals surface area (Å²) in [5, 5.41) is 0. The summed E-state index contributed by atoms with van der Waals surface area (Å²) < 4.78 is 11.9. The van der Waals surface area contributed by atoms with Gasteiger partial charge in [0, 0.05) is 25.7 Å². The summed E-state index contributed by atoms with van der Waals surface area (Å²) in [6.45, 7) is 17.1. The lowest BCUT2D eigenvalue weighted by Crippen LogP contribution is -2.59. The molecule has 0 spiro atoms. The minimum Gasteiger partial charge on any atom is -0.462 e. The van der Waals surface area contributed by atoms with Crippen LogP contribution in [0.25, 0.3) is 0 Å². The SMILES string of the molecule is CC(=O)O[C@@H]1CC[C@]2(C)C3=C(CC[C@@]2(OC(C)=O)C1)C1=CC[C@@H]([C@H](C)/C=C/[C@H](C)C(C)C)[C@]1(C)CC3. The third-order valence-electron chi connectivity index (χ3n) is 10.6. The van der Waals surface area contributed by atoms with Crippen molar-refractivity contribution in [2.24, 2.45) is 34.5 Å². The predicted octanol–water partition coefficient (Wildman–Crippen LogP) is 7.73. The zero-order valence-corrected chi connectivity index (χ0v) is 23.9. The van der Waals surface area contributed by atoms with Crippen LogP contribution in [-0.4, -0.2) is 23.6 Å². The van der Waals surface area contributed by atoms with Gasteiger partial charge in [-0.05, 0) is 85.2 Å². The van der Waals surface area contributed by atoms with Crippen molar-refractivity contribution in [1.82, 2.24) is 0 Å². The first-order chi connectivity index (χ1) is 16.8. The van der Waals surface area contributed by atoms with Crippen molar-refractivity contribution in [3.63, 3.8) is 0 Å². The Bertz CT molecular complexity index is 986. The zero-order chi connectivity index (χ0) is 26.5. The van der Waals surface area contributed by atoms with E-state index in [2.05, 4.69) is 59.8 Å². The molecule has 0 aromatic carbocycles. The Labute approximate surface area is 219 Å². The van der Waals surface area contributed by atoms with Gasteiger partial charge in [0.05, 0.1) is 0 Å². The van der Waals surface area contributed by atoms with Crippen LogP contribution in [0.5, 0.6) is 0 Å². The molecule has 0 radical (unpaired) electrons. The summed E-state index contributed by atoms with van der Waals surface area (Å²) in [6, 6.07) is 0. The van der Waals surface area contributed by atoms with Gasteiger partial charge in [0.25, 0.3) is 0 Å². The van der Waals surface area contributed by atoms with Gasteiger partial charge in [-0.1, -0.05) is 65.3 Å². The van der Waals surface area contributed by atoms with E-state index < -0.39 is 5.60 Å². The van der Waals surface area contributed by atoms with E-state index in [9.17, 15) is 9.59 Å². The Morgan fingerprint density at radius 2 is 1.72 bits per heavy atom. The first-order valence-electron chi connectivity index (χ1n) is 14.3. The Kier molecular flexibility index (Phi) is 7.40. The maximum atomic E-state index is 12.3. The third kappa shape index (κ3) is 4.52. The molecule has 0 aliphatic heterocycles. The van der Waals surface area contributed by atoms with Crippen LogP contribution in [0.15, 0.2) is 34.9 Å². The van der Waals surface area contributed by atoms with Gasteiger partial charge < -0.3 is 9.47 Å². The van der Waals surface area contributed by atoms with Gasteiger partial charge in [0.1, 0.15) is 11.7 Å². The Balaban J connectivity index is 1.64. The van der Waals surface area contributed by atoms with Crippen molar-refractivity contribution in [1.29, 1.82) is 0 Å². The highest BCUT2D eigenvalue weighted by molar-refractivity contribution is 5.68. The zero-order valence-electron chi connectivity index (χ0n) is 23.9. The molecule has 0 saturated heterocycles. The second-order valence-corrected chi connectivity index (χ2v) is 13.1. The number of ether oxygens (including phenoxy) is 2. The van der Waals surface area contributed by atoms with Crippen molar-refractivity contribution in [2.75, 3.05) is 0 Å². The van der Waals surface area contributed by atoms with E-state index in [0.717, 1.165) is 44.9 Å². The van der Waals surface area contributed by atoms with Crippen LogP contribution in [0.2, 0.25) is 0 Å². The molecule has 0 unspecified atom stereocenters. The van der Waals surface area contributed by atoms with Crippen LogP contribution in [0.4, 0.5) is 0 Å². The minimum atomic E-state index is -0.592. The first-order valence-corrected chi connectivity index (χ1v) is 14.3. The highest BCUT2D eigenvalue weighted by atomic mass is 16.6. The van der Waals surface area contributed by atoms with Crippen LogP contribution in [0, 0.1) is 34.5 Å². The van der Waals surface area contributed by atoms with Gasteiger partial charge in [-0.15, -0.1) is 0 Å². The van der Waals surface area contributed by atoms with E-state index >= 15 is 0 Å². The monoisotopic (exact) mass is 496 g/mol. The number of allylic oxidation sites excluding steroid dienone is 5. The first kappa shape index (κ1) is 27.2. The quantitative estimate of drug-likeness (QED) is 0.279. The summed E-state index contributed by atoms with van der Waals surface area (Å²) >= 11 is 0. The molecule has 0 aromatic heterocycles. The molecule has 200 valence electrons. The fourth-order valence-corrected chi connectivity index (χ4v) is 8.14. The number of carbonyl (C=O) groups excluding carboxylic acids is 2. The van der Waals surface area contributed by atoms with Crippen LogP contribution in [0.3, 0.4) is 0 Å². The van der Waals surface area contributed by atoms with Crippen molar-refractivity contribution < 1.29 is 19.1 Å². The molecule has 0 amide bonds. The van der Waals surface area contributed by atoms with Crippen LogP contribution < -0.4 is 0 Å². The van der Waals surface area contributed by atoms with E-state index in [1.165, 1.54) is 19.4 Å². The summed E-state index contributed by atoms with van der Waals surface area (Å²) in [5.41, 5.74) is 4.04. The molecule has 1 saturated carbocycles. The molecule has 0 bridgehead atoms. The van der Waals surface area contributed by atoms with E-state index in [1.54, 1.807) is 11.1 Å². The third-order valence-corrected chi connectivity index (χ3v) is 10.6. The molecular weight excluding hydrogens is 448 g/mol. The van der Waals surface area contributed by atoms with Crippen molar-refractivity contribution in [3.8, 4) is 0 Å². The van der Waals surface area contributed by atoms with Crippen molar-refractivity contribution >= 4 is 11.9 Å². The molecule has 0 N–H and O–H groups in total. The summed E-state index contributed by atoms with van der Waals surface area (Å²) in [7, 11) is 0. The molecule has 0 heterocycles. The van der Waals surface area contributed by atoms with E-state index in [4.69, 9.17) is 9.47 Å². The molecule has 7 atom stereocenters. The Hall–Kier alpha value is -1.84. The van der Waals surface area contributed by atoms with Crippen molar-refractivity contribution in [3.05, 3.63) is 34.9 Å². The molecule has 4 aliphatic carbocycles. The molecule has 4 aliphatic rings. The van der Waals surface area contributed by atoms with E-state index in [-0.39, 0.29) is 28.9 Å².